The van der Waals surface area contributed by atoms with Crippen molar-refractivity contribution in [2.75, 3.05) is 186 Å². The van der Waals surface area contributed by atoms with Gasteiger partial charge in [0.1, 0.15) is 0 Å². The van der Waals surface area contributed by atoms with Crippen LogP contribution in [0.1, 0.15) is 163 Å². The average molecular weight is 2080 g/mol. The van der Waals surface area contributed by atoms with E-state index in [1.807, 2.05) is 372 Å². The summed E-state index contributed by atoms with van der Waals surface area (Å²) in [5.74, 6) is 9.52. The van der Waals surface area contributed by atoms with E-state index >= 15 is 0 Å². The highest BCUT2D eigenvalue weighted by atomic mass is 33.7. The Hall–Kier alpha value is 8.98. The van der Waals surface area contributed by atoms with Gasteiger partial charge in [0, 0.05) is 153 Å². The molecule has 1 rings (SSSR count). The second kappa shape index (κ2) is 77.1. The summed E-state index contributed by atoms with van der Waals surface area (Å²) >= 11 is 0. The van der Waals surface area contributed by atoms with Crippen LogP contribution in [0.3, 0.4) is 0 Å². The molecule has 0 aromatic rings. The maximum atomic E-state index is 6.28. The van der Waals surface area contributed by atoms with Crippen LogP contribution in [-0.2, 0) is 79.7 Å². The van der Waals surface area contributed by atoms with Crippen LogP contribution in [0.25, 0.3) is 0 Å². The van der Waals surface area contributed by atoms with Crippen molar-refractivity contribution in [3.8, 4) is 0 Å². The van der Waals surface area contributed by atoms with Gasteiger partial charge in [-0.2, -0.15) is 0 Å². The fourth-order valence-corrected chi connectivity index (χ4v) is 78.4. The normalized spacial score (nSPS) is 17.8. The van der Waals surface area contributed by atoms with Crippen molar-refractivity contribution in [1.29, 1.82) is 0 Å². The standard InChI is InChI=1S/C60H132O18S24Si6/c1-19-61-103(62-20-2,63-21-3)49-85-97-91-79-43-37-55-56(38-44-80-92-98-86-50-104(64-22-4,65-23-5)66-24-6)58(40-46-82-94-100-88-52-106(70-28-10,71-29-11)72-30-12)60(42-48-84-96-102-90-54-108(76-34-16,77-35-17)78-36-18)59(41-47-83-95-101-89-53-107(73-31-13,74-32-14)75-33-15)57(55)39-45-81-93-99-87-51-105(67-25-7,68-26-8)69-27-9/h55-60H,19-54H2,1-18H3. The van der Waals surface area contributed by atoms with Crippen LogP contribution < -0.4 is 0 Å². The van der Waals surface area contributed by atoms with Gasteiger partial charge in [-0.1, -0.05) is 130 Å². The van der Waals surface area contributed by atoms with Crippen LogP contribution in [0.15, 0.2) is 0 Å². The van der Waals surface area contributed by atoms with Crippen LogP contribution in [0.2, 0.25) is 0 Å². The quantitative estimate of drug-likeness (QED) is 0.0320. The fraction of sp³-hybridized carbons (Fsp3) is 1.00. The minimum Gasteiger partial charge on any atom is -0.373 e. The third kappa shape index (κ3) is 51.1. The molecule has 0 N–H and O–H groups in total. The summed E-state index contributed by atoms with van der Waals surface area (Å²) in [7, 11) is 28.6. The molecule has 1 aliphatic carbocycles. The lowest BCUT2D eigenvalue weighted by Gasteiger charge is -2.53. The van der Waals surface area contributed by atoms with E-state index in [9.17, 15) is 0 Å². The molecule has 1 fully saturated rings. The van der Waals surface area contributed by atoms with Gasteiger partial charge < -0.3 is 79.7 Å². The van der Waals surface area contributed by atoms with Gasteiger partial charge in [-0.3, -0.25) is 0 Å². The summed E-state index contributed by atoms with van der Waals surface area (Å²) in [6.45, 7) is 46.8. The summed E-state index contributed by atoms with van der Waals surface area (Å²) in [6, 6.07) is 0. The lowest BCUT2D eigenvalue weighted by molar-refractivity contribution is -0.0292. The van der Waals surface area contributed by atoms with Gasteiger partial charge in [-0.15, -0.1) is 0 Å². The monoisotopic (exact) mass is 2080 g/mol. The van der Waals surface area contributed by atoms with E-state index in [-0.39, 0.29) is 0 Å². The van der Waals surface area contributed by atoms with E-state index < -0.39 is 52.8 Å². The minimum absolute atomic E-state index is 0.522. The van der Waals surface area contributed by atoms with Crippen LogP contribution >= 0.6 is 247 Å². The fourth-order valence-electron chi connectivity index (χ4n) is 12.1. The molecule has 0 radical (unpaired) electrons. The first-order valence-electron chi connectivity index (χ1n) is 37.6. The molecule has 648 valence electrons. The van der Waals surface area contributed by atoms with Gasteiger partial charge in [0.15, 0.2) is 0 Å². The van der Waals surface area contributed by atoms with Gasteiger partial charge in [0.25, 0.3) is 0 Å². The zero-order valence-electron chi connectivity index (χ0n) is 67.1. The smallest absolute Gasteiger partial charge is 0.373 e. The lowest BCUT2D eigenvalue weighted by Crippen LogP contribution is -2.49. The minimum atomic E-state index is -2.81. The van der Waals surface area contributed by atoms with Crippen molar-refractivity contribution < 1.29 is 79.7 Å². The van der Waals surface area contributed by atoms with Crippen molar-refractivity contribution in [2.24, 2.45) is 35.5 Å². The molecule has 0 spiro atoms. The van der Waals surface area contributed by atoms with Crippen molar-refractivity contribution in [3.05, 3.63) is 0 Å². The molecule has 0 atom stereocenters. The molecule has 0 amide bonds. The largest absolute Gasteiger partial charge is 0.512 e. The van der Waals surface area contributed by atoms with E-state index in [2.05, 4.69) is 0 Å². The van der Waals surface area contributed by atoms with E-state index in [1.165, 1.54) is 0 Å². The molecule has 0 saturated heterocycles. The molecule has 48 heteroatoms. The maximum Gasteiger partial charge on any atom is 0.512 e. The first kappa shape index (κ1) is 115. The van der Waals surface area contributed by atoms with Gasteiger partial charge in [0.2, 0.25) is 0 Å². The Morgan fingerprint density at radius 1 is 0.148 bits per heavy atom. The van der Waals surface area contributed by atoms with Gasteiger partial charge in [0.05, 0.1) is 32.3 Å². The third-order valence-electron chi connectivity index (χ3n) is 15.2. The van der Waals surface area contributed by atoms with E-state index in [0.717, 1.165) is 73.0 Å². The second-order valence-electron chi connectivity index (χ2n) is 21.9. The highest BCUT2D eigenvalue weighted by Crippen LogP contribution is 2.59. The summed E-state index contributed by atoms with van der Waals surface area (Å²) in [4.78, 5) is 0. The van der Waals surface area contributed by atoms with Crippen LogP contribution in [0.4, 0.5) is 0 Å². The molecule has 1 saturated carbocycles. The molecular weight excluding hydrogens is 1950 g/mol. The van der Waals surface area contributed by atoms with Gasteiger partial charge >= 0.3 is 52.8 Å². The second-order valence-corrected chi connectivity index (χ2v) is 77.2. The molecule has 0 unspecified atom stereocenters. The zero-order chi connectivity index (χ0) is 79.6. The topological polar surface area (TPSA) is 166 Å². The summed E-state index contributed by atoms with van der Waals surface area (Å²) < 4.78 is 113. The molecule has 0 aromatic heterocycles. The third-order valence-corrected chi connectivity index (χ3v) is 79.8. The Labute approximate surface area is 754 Å². The van der Waals surface area contributed by atoms with E-state index in [1.54, 1.807) is 0 Å². The number of rotatable bonds is 84. The van der Waals surface area contributed by atoms with Crippen molar-refractivity contribution in [1.82, 2.24) is 0 Å². The van der Waals surface area contributed by atoms with E-state index in [0.29, 0.717) is 187 Å². The van der Waals surface area contributed by atoms with Gasteiger partial charge in [-0.05, 0) is 317 Å². The zero-order valence-corrected chi connectivity index (χ0v) is 92.7. The molecule has 18 nitrogen and oxygen atoms in total. The van der Waals surface area contributed by atoms with Crippen molar-refractivity contribution in [2.45, 2.75) is 163 Å². The predicted molar refractivity (Wildman–Crippen MR) is 533 cm³/mol. The summed E-state index contributed by atoms with van der Waals surface area (Å²) in [5, 5.41) is 4.25. The van der Waals surface area contributed by atoms with E-state index in [4.69, 9.17) is 79.7 Å². The Morgan fingerprint density at radius 3 is 0.333 bits per heavy atom. The summed E-state index contributed by atoms with van der Waals surface area (Å²) in [5.41, 5.74) is 0. The molecule has 1 aliphatic rings. The Balaban J connectivity index is 4.21. The molecule has 108 heavy (non-hydrogen) atoms. The Morgan fingerprint density at radius 2 is 0.241 bits per heavy atom. The molecule has 0 aromatic carbocycles. The highest BCUT2D eigenvalue weighted by molar-refractivity contribution is 9.28. The van der Waals surface area contributed by atoms with Crippen LogP contribution in [0.5, 0.6) is 0 Å². The van der Waals surface area contributed by atoms with Gasteiger partial charge in [-0.25, -0.2) is 0 Å². The molecule has 0 heterocycles. The molecular formula is C60H132O18S24Si6. The number of hydrogen-bond acceptors (Lipinski definition) is 42. The Bertz CT molecular complexity index is 1570. The van der Waals surface area contributed by atoms with Crippen molar-refractivity contribution in [3.63, 3.8) is 0 Å². The molecule has 0 bridgehead atoms. The Kier molecular flexibility index (Phi) is 82.1. The molecule has 0 aliphatic heterocycles. The number of hydrogen-bond donors (Lipinski definition) is 0. The maximum absolute atomic E-state index is 6.28. The first-order chi connectivity index (χ1) is 52.7. The van der Waals surface area contributed by atoms with Crippen LogP contribution in [0, 0.1) is 35.5 Å². The predicted octanol–water partition coefficient (Wildman–Crippen LogP) is 25.6. The van der Waals surface area contributed by atoms with Crippen LogP contribution in [-0.4, -0.2) is 239 Å². The highest BCUT2D eigenvalue weighted by Gasteiger charge is 2.50. The first-order valence-corrected chi connectivity index (χ1v) is 80.2. The van der Waals surface area contributed by atoms with Crippen molar-refractivity contribution >= 4 is 300 Å². The SMILES string of the molecule is CCO[Si](CSSSSCCC1C(CCSSSSC[Si](OCC)(OCC)OCC)C(CCSSSSC[Si](OCC)(OCC)OCC)C(CCSSSSC[Si](OCC)(OCC)OCC)C(CCSSSSC[Si](OCC)(OCC)OCC)C1CCSSSSC[Si](OCC)(OCC)OCC)(OCC)OCC. The average Bonchev–Trinajstić information content (AvgIpc) is 0.766. The lowest BCUT2D eigenvalue weighted by atomic mass is 9.53. The summed E-state index contributed by atoms with van der Waals surface area (Å²) in [6.07, 6.45) is 6.94.